The summed E-state index contributed by atoms with van der Waals surface area (Å²) in [6.07, 6.45) is 3.46. The van der Waals surface area contributed by atoms with Crippen molar-refractivity contribution < 1.29 is 19.4 Å². The predicted molar refractivity (Wildman–Crippen MR) is 89.6 cm³/mol. The van der Waals surface area contributed by atoms with Crippen LogP contribution in [0.2, 0.25) is 0 Å². The van der Waals surface area contributed by atoms with Gasteiger partial charge in [0, 0.05) is 12.1 Å². The van der Waals surface area contributed by atoms with Gasteiger partial charge in [-0.15, -0.1) is 0 Å². The summed E-state index contributed by atoms with van der Waals surface area (Å²) in [5.41, 5.74) is 2.89. The first-order valence-electron chi connectivity index (χ1n) is 7.91. The minimum absolute atomic E-state index is 0.0135. The van der Waals surface area contributed by atoms with Gasteiger partial charge >= 0.3 is 6.09 Å². The second kappa shape index (κ2) is 7.51. The van der Waals surface area contributed by atoms with Gasteiger partial charge in [0.15, 0.2) is 0 Å². The van der Waals surface area contributed by atoms with E-state index in [1.807, 2.05) is 32.9 Å². The zero-order chi connectivity index (χ0) is 16.9. The molecule has 1 amide bonds. The number of fused-ring (bicyclic) bond motifs is 1. The molecule has 5 nitrogen and oxygen atoms in total. The lowest BCUT2D eigenvalue weighted by molar-refractivity contribution is 0.0532. The summed E-state index contributed by atoms with van der Waals surface area (Å²) in [7, 11) is 0. The monoisotopic (exact) mass is 319 g/mol. The van der Waals surface area contributed by atoms with E-state index in [1.165, 1.54) is 5.56 Å². The minimum Gasteiger partial charge on any atom is -0.491 e. The van der Waals surface area contributed by atoms with Gasteiger partial charge in [0.25, 0.3) is 0 Å². The summed E-state index contributed by atoms with van der Waals surface area (Å²) in [4.78, 5) is 11.7. The maximum atomic E-state index is 11.7. The van der Waals surface area contributed by atoms with Crippen molar-refractivity contribution in [3.05, 3.63) is 34.9 Å². The number of aliphatic hydroxyl groups excluding tert-OH is 1. The number of carbonyl (C=O) groups excluding carboxylic acids is 1. The van der Waals surface area contributed by atoms with Crippen molar-refractivity contribution in [2.75, 3.05) is 19.8 Å². The third-order valence-electron chi connectivity index (χ3n) is 3.43. The second-order valence-electron chi connectivity index (χ2n) is 6.56. The smallest absolute Gasteiger partial charge is 0.407 e. The molecule has 2 rings (SSSR count). The molecule has 0 saturated heterocycles. The van der Waals surface area contributed by atoms with Gasteiger partial charge in [0.1, 0.15) is 18.0 Å². The van der Waals surface area contributed by atoms with Gasteiger partial charge < -0.3 is 19.9 Å². The summed E-state index contributed by atoms with van der Waals surface area (Å²) in [6.45, 7) is 6.24. The second-order valence-corrected chi connectivity index (χ2v) is 6.56. The van der Waals surface area contributed by atoms with Gasteiger partial charge in [-0.1, -0.05) is 18.2 Å². The minimum atomic E-state index is -0.497. The van der Waals surface area contributed by atoms with Gasteiger partial charge in [0.2, 0.25) is 0 Å². The van der Waals surface area contributed by atoms with Crippen LogP contribution < -0.4 is 10.1 Å². The highest BCUT2D eigenvalue weighted by Gasteiger charge is 2.18. The summed E-state index contributed by atoms with van der Waals surface area (Å²) < 4.78 is 10.8. The highest BCUT2D eigenvalue weighted by atomic mass is 16.6. The Morgan fingerprint density at radius 3 is 2.78 bits per heavy atom. The Morgan fingerprint density at radius 1 is 1.30 bits per heavy atom. The number of hydrogen-bond donors (Lipinski definition) is 2. The Bertz CT molecular complexity index is 587. The highest BCUT2D eigenvalue weighted by Crippen LogP contribution is 2.31. The molecule has 2 N–H and O–H groups in total. The number of amides is 1. The van der Waals surface area contributed by atoms with Gasteiger partial charge in [-0.25, -0.2) is 4.79 Å². The maximum Gasteiger partial charge on any atom is 0.407 e. The van der Waals surface area contributed by atoms with Crippen molar-refractivity contribution in [1.82, 2.24) is 5.32 Å². The lowest BCUT2D eigenvalue weighted by Gasteiger charge is -2.22. The van der Waals surface area contributed by atoms with Crippen molar-refractivity contribution >= 4 is 12.2 Å². The molecule has 0 aromatic heterocycles. The number of rotatable bonds is 5. The SMILES string of the molecule is CC(C)(C)OC(=O)NCC1=Cc2c(cccc2OCCO)CC1. The first-order chi connectivity index (χ1) is 10.9. The fraction of sp³-hybridized carbons (Fsp3) is 0.500. The average Bonchev–Trinajstić information content (AvgIpc) is 2.49. The molecule has 1 aliphatic carbocycles. The molecule has 23 heavy (non-hydrogen) atoms. The summed E-state index contributed by atoms with van der Waals surface area (Å²) in [5.74, 6) is 0.769. The van der Waals surface area contributed by atoms with Gasteiger partial charge in [-0.05, 0) is 50.8 Å². The predicted octanol–water partition coefficient (Wildman–Crippen LogP) is 2.91. The number of aliphatic hydroxyl groups is 1. The van der Waals surface area contributed by atoms with Crippen LogP contribution >= 0.6 is 0 Å². The molecule has 1 aliphatic rings. The number of hydrogen-bond acceptors (Lipinski definition) is 4. The van der Waals surface area contributed by atoms with E-state index in [4.69, 9.17) is 14.6 Å². The molecule has 0 unspecified atom stereocenters. The van der Waals surface area contributed by atoms with Crippen molar-refractivity contribution in [2.45, 2.75) is 39.2 Å². The van der Waals surface area contributed by atoms with Crippen LogP contribution in [-0.2, 0) is 11.2 Å². The van der Waals surface area contributed by atoms with E-state index in [2.05, 4.69) is 17.5 Å². The van der Waals surface area contributed by atoms with Crippen LogP contribution in [0.15, 0.2) is 23.8 Å². The molecule has 0 fully saturated rings. The third kappa shape index (κ3) is 5.28. The molecule has 0 saturated carbocycles. The Labute approximate surface area is 137 Å². The lowest BCUT2D eigenvalue weighted by Crippen LogP contribution is -2.33. The zero-order valence-corrected chi connectivity index (χ0v) is 14.0. The van der Waals surface area contributed by atoms with Crippen molar-refractivity contribution in [3.63, 3.8) is 0 Å². The first kappa shape index (κ1) is 17.3. The van der Waals surface area contributed by atoms with Crippen molar-refractivity contribution in [2.24, 2.45) is 0 Å². The molecule has 0 atom stereocenters. The van der Waals surface area contributed by atoms with Crippen molar-refractivity contribution in [3.8, 4) is 5.75 Å². The number of ether oxygens (including phenoxy) is 2. The molecular formula is C18H25NO4. The number of nitrogens with one attached hydrogen (secondary N) is 1. The Morgan fingerprint density at radius 2 is 2.09 bits per heavy atom. The molecule has 5 heteroatoms. The first-order valence-corrected chi connectivity index (χ1v) is 7.91. The molecule has 1 aromatic carbocycles. The van der Waals surface area contributed by atoms with Gasteiger partial charge in [-0.3, -0.25) is 0 Å². The number of alkyl carbamates (subject to hydrolysis) is 1. The summed E-state index contributed by atoms with van der Waals surface area (Å²) in [5, 5.41) is 11.7. The van der Waals surface area contributed by atoms with Crippen molar-refractivity contribution in [1.29, 1.82) is 0 Å². The lowest BCUT2D eigenvalue weighted by atomic mass is 9.91. The maximum absolute atomic E-state index is 11.7. The molecule has 126 valence electrons. The Kier molecular flexibility index (Phi) is 5.66. The highest BCUT2D eigenvalue weighted by molar-refractivity contribution is 5.70. The fourth-order valence-corrected chi connectivity index (χ4v) is 2.46. The normalized spacial score (nSPS) is 13.8. The Hall–Kier alpha value is -2.01. The standard InChI is InChI=1S/C18H25NO4/c1-18(2,3)23-17(21)19-12-13-7-8-14-5-4-6-16(15(14)11-13)22-10-9-20/h4-6,11,20H,7-10,12H2,1-3H3,(H,19,21). The topological polar surface area (TPSA) is 67.8 Å². The van der Waals surface area contributed by atoms with Crippen LogP contribution in [0.25, 0.3) is 6.08 Å². The molecule has 0 bridgehead atoms. The Balaban J connectivity index is 2.03. The van der Waals surface area contributed by atoms with Crippen LogP contribution in [0.5, 0.6) is 5.75 Å². The van der Waals surface area contributed by atoms with E-state index in [0.717, 1.165) is 29.7 Å². The van der Waals surface area contributed by atoms with Crippen LogP contribution in [0, 0.1) is 0 Å². The molecule has 0 spiro atoms. The zero-order valence-electron chi connectivity index (χ0n) is 14.0. The molecule has 0 radical (unpaired) electrons. The van der Waals surface area contributed by atoms with E-state index in [-0.39, 0.29) is 13.2 Å². The van der Waals surface area contributed by atoms with Crippen LogP contribution in [-0.4, -0.2) is 36.6 Å². The van der Waals surface area contributed by atoms with Gasteiger partial charge in [0.05, 0.1) is 6.61 Å². The van der Waals surface area contributed by atoms with E-state index >= 15 is 0 Å². The number of carbonyl (C=O) groups is 1. The summed E-state index contributed by atoms with van der Waals surface area (Å²) in [6, 6.07) is 5.94. The quantitative estimate of drug-likeness (QED) is 0.875. The van der Waals surface area contributed by atoms with E-state index < -0.39 is 11.7 Å². The van der Waals surface area contributed by atoms with Crippen LogP contribution in [0.4, 0.5) is 4.79 Å². The van der Waals surface area contributed by atoms with E-state index in [9.17, 15) is 4.79 Å². The average molecular weight is 319 g/mol. The third-order valence-corrected chi connectivity index (χ3v) is 3.43. The number of aryl methyl sites for hydroxylation is 1. The number of benzene rings is 1. The van der Waals surface area contributed by atoms with E-state index in [0.29, 0.717) is 6.54 Å². The van der Waals surface area contributed by atoms with Gasteiger partial charge in [-0.2, -0.15) is 0 Å². The van der Waals surface area contributed by atoms with Crippen LogP contribution in [0.3, 0.4) is 0 Å². The molecule has 1 aromatic rings. The molecular weight excluding hydrogens is 294 g/mol. The molecule has 0 heterocycles. The fourth-order valence-electron chi connectivity index (χ4n) is 2.46. The van der Waals surface area contributed by atoms with Crippen LogP contribution in [0.1, 0.15) is 38.3 Å². The largest absolute Gasteiger partial charge is 0.491 e. The molecule has 0 aliphatic heterocycles. The van der Waals surface area contributed by atoms with E-state index in [1.54, 1.807) is 0 Å². The summed E-state index contributed by atoms with van der Waals surface area (Å²) >= 11 is 0.